The second kappa shape index (κ2) is 7.65. The molecular formula is C20H21NO6. The van der Waals surface area contributed by atoms with Crippen LogP contribution in [-0.4, -0.2) is 36.4 Å². The molecule has 0 saturated heterocycles. The predicted octanol–water partition coefficient (Wildman–Crippen LogP) is 2.97. The average molecular weight is 371 g/mol. The monoisotopic (exact) mass is 371 g/mol. The van der Waals surface area contributed by atoms with Crippen molar-refractivity contribution in [3.05, 3.63) is 47.9 Å². The number of carbonyl (C=O) groups is 3. The zero-order valence-corrected chi connectivity index (χ0v) is 15.4. The molecule has 0 saturated carbocycles. The van der Waals surface area contributed by atoms with Crippen LogP contribution < -0.4 is 9.64 Å². The van der Waals surface area contributed by atoms with E-state index in [-0.39, 0.29) is 30.1 Å². The predicted molar refractivity (Wildman–Crippen MR) is 96.9 cm³/mol. The van der Waals surface area contributed by atoms with E-state index in [1.165, 1.54) is 17.2 Å². The third kappa shape index (κ3) is 3.86. The smallest absolute Gasteiger partial charge is 0.326 e. The lowest BCUT2D eigenvalue weighted by atomic mass is 10.0. The first-order valence-corrected chi connectivity index (χ1v) is 8.80. The molecule has 142 valence electrons. The number of ketones is 1. The maximum Gasteiger partial charge on any atom is 0.326 e. The highest BCUT2D eigenvalue weighted by Gasteiger charge is 2.35. The van der Waals surface area contributed by atoms with Crippen LogP contribution in [0, 0.1) is 0 Å². The lowest BCUT2D eigenvalue weighted by Gasteiger charge is -2.33. The molecular weight excluding hydrogens is 350 g/mol. The Morgan fingerprint density at radius 3 is 2.67 bits per heavy atom. The van der Waals surface area contributed by atoms with Gasteiger partial charge in [0.05, 0.1) is 18.1 Å². The summed E-state index contributed by atoms with van der Waals surface area (Å²) in [5, 5.41) is 0. The molecule has 7 heteroatoms. The minimum absolute atomic E-state index is 0.190. The van der Waals surface area contributed by atoms with Crippen molar-refractivity contribution >= 4 is 23.3 Å². The molecule has 0 bridgehead atoms. The van der Waals surface area contributed by atoms with Crippen LogP contribution in [0.2, 0.25) is 0 Å². The van der Waals surface area contributed by atoms with E-state index in [0.717, 1.165) is 0 Å². The van der Waals surface area contributed by atoms with Gasteiger partial charge in [-0.25, -0.2) is 0 Å². The molecule has 1 aromatic heterocycles. The fourth-order valence-electron chi connectivity index (χ4n) is 2.87. The first-order valence-electron chi connectivity index (χ1n) is 8.80. The van der Waals surface area contributed by atoms with E-state index in [4.69, 9.17) is 13.9 Å². The molecule has 0 spiro atoms. The van der Waals surface area contributed by atoms with E-state index in [9.17, 15) is 14.4 Å². The minimum Gasteiger partial charge on any atom is -0.478 e. The SMILES string of the molecule is CC[C@H]1Oc2ccc(C(=O)c3ccco3)cc2N(CC(=O)OC(C)C)C1=O. The number of rotatable bonds is 6. The lowest BCUT2D eigenvalue weighted by molar-refractivity contribution is -0.147. The number of hydrogen-bond donors (Lipinski definition) is 0. The van der Waals surface area contributed by atoms with Crippen molar-refractivity contribution in [3.8, 4) is 5.75 Å². The maximum absolute atomic E-state index is 12.7. The molecule has 0 radical (unpaired) electrons. The zero-order chi connectivity index (χ0) is 19.6. The molecule has 1 aliphatic heterocycles. The summed E-state index contributed by atoms with van der Waals surface area (Å²) in [4.78, 5) is 38.7. The number of esters is 1. The highest BCUT2D eigenvalue weighted by Crippen LogP contribution is 2.36. The lowest BCUT2D eigenvalue weighted by Crippen LogP contribution is -2.48. The van der Waals surface area contributed by atoms with Gasteiger partial charge in [0.2, 0.25) is 5.78 Å². The molecule has 1 amide bonds. The highest BCUT2D eigenvalue weighted by atomic mass is 16.5. The van der Waals surface area contributed by atoms with Crippen LogP contribution in [-0.2, 0) is 14.3 Å². The number of nitrogens with zero attached hydrogens (tertiary/aromatic N) is 1. The number of anilines is 1. The number of benzene rings is 1. The Hall–Kier alpha value is -3.09. The third-order valence-corrected chi connectivity index (χ3v) is 4.09. The van der Waals surface area contributed by atoms with Gasteiger partial charge in [-0.3, -0.25) is 19.3 Å². The quantitative estimate of drug-likeness (QED) is 0.573. The molecule has 0 N–H and O–H groups in total. The molecule has 1 atom stereocenters. The van der Waals surface area contributed by atoms with Crippen LogP contribution in [0.25, 0.3) is 0 Å². The summed E-state index contributed by atoms with van der Waals surface area (Å²) in [6, 6.07) is 7.96. The Morgan fingerprint density at radius 1 is 1.26 bits per heavy atom. The second-order valence-electron chi connectivity index (χ2n) is 6.47. The Kier molecular flexibility index (Phi) is 5.30. The van der Waals surface area contributed by atoms with E-state index in [2.05, 4.69) is 0 Å². The van der Waals surface area contributed by atoms with Crippen LogP contribution in [0.5, 0.6) is 5.75 Å². The molecule has 27 heavy (non-hydrogen) atoms. The van der Waals surface area contributed by atoms with Crippen LogP contribution in [0.4, 0.5) is 5.69 Å². The molecule has 2 aromatic rings. The fraction of sp³-hybridized carbons (Fsp3) is 0.350. The Morgan fingerprint density at radius 2 is 2.04 bits per heavy atom. The largest absolute Gasteiger partial charge is 0.478 e. The van der Waals surface area contributed by atoms with Crippen molar-refractivity contribution in [1.29, 1.82) is 0 Å². The van der Waals surface area contributed by atoms with Gasteiger partial charge in [0.1, 0.15) is 12.3 Å². The van der Waals surface area contributed by atoms with Gasteiger partial charge >= 0.3 is 5.97 Å². The van der Waals surface area contributed by atoms with Crippen LogP contribution in [0.3, 0.4) is 0 Å². The first kappa shape index (κ1) is 18.7. The van der Waals surface area contributed by atoms with Crippen LogP contribution in [0.15, 0.2) is 41.0 Å². The van der Waals surface area contributed by atoms with Gasteiger partial charge in [0, 0.05) is 5.56 Å². The standard InChI is InChI=1S/C20H21NO6/c1-4-15-20(24)21(11-18(22)26-12(2)3)14-10-13(7-8-16(14)27-15)19(23)17-6-5-9-25-17/h5-10,12,15H,4,11H2,1-3H3/t15-/m1/s1. The van der Waals surface area contributed by atoms with E-state index >= 15 is 0 Å². The normalized spacial score (nSPS) is 16.1. The Bertz CT molecular complexity index is 855. The van der Waals surface area contributed by atoms with Crippen molar-refractivity contribution in [2.75, 3.05) is 11.4 Å². The molecule has 1 aliphatic rings. The summed E-state index contributed by atoms with van der Waals surface area (Å²) in [5.41, 5.74) is 0.695. The van der Waals surface area contributed by atoms with E-state index in [1.54, 1.807) is 38.1 Å². The van der Waals surface area contributed by atoms with E-state index in [0.29, 0.717) is 23.4 Å². The molecule has 7 nitrogen and oxygen atoms in total. The Labute approximate surface area is 156 Å². The van der Waals surface area contributed by atoms with Crippen molar-refractivity contribution in [1.82, 2.24) is 0 Å². The summed E-state index contributed by atoms with van der Waals surface area (Å²) in [5.74, 6) is -0.556. The number of hydrogen-bond acceptors (Lipinski definition) is 6. The number of amides is 1. The summed E-state index contributed by atoms with van der Waals surface area (Å²) < 4.78 is 16.0. The second-order valence-corrected chi connectivity index (χ2v) is 6.47. The summed E-state index contributed by atoms with van der Waals surface area (Å²) >= 11 is 0. The van der Waals surface area contributed by atoms with E-state index in [1.807, 2.05) is 6.92 Å². The number of carbonyl (C=O) groups excluding carboxylic acids is 3. The first-order chi connectivity index (χ1) is 12.9. The molecule has 3 rings (SSSR count). The van der Waals surface area contributed by atoms with Gasteiger partial charge in [-0.05, 0) is 50.6 Å². The van der Waals surface area contributed by atoms with Gasteiger partial charge in [0.25, 0.3) is 5.91 Å². The Balaban J connectivity index is 1.96. The number of ether oxygens (including phenoxy) is 2. The van der Waals surface area contributed by atoms with Crippen molar-refractivity contribution in [3.63, 3.8) is 0 Å². The molecule has 0 fully saturated rings. The third-order valence-electron chi connectivity index (χ3n) is 4.09. The van der Waals surface area contributed by atoms with Gasteiger partial charge in [-0.1, -0.05) is 6.92 Å². The molecule has 1 aromatic carbocycles. The summed E-state index contributed by atoms with van der Waals surface area (Å²) in [6.45, 7) is 5.05. The van der Waals surface area contributed by atoms with E-state index < -0.39 is 12.1 Å². The average Bonchev–Trinajstić information content (AvgIpc) is 3.17. The van der Waals surface area contributed by atoms with Crippen LogP contribution in [0.1, 0.15) is 43.3 Å². The minimum atomic E-state index is -0.684. The van der Waals surface area contributed by atoms with Gasteiger partial charge in [-0.2, -0.15) is 0 Å². The van der Waals surface area contributed by atoms with Crippen molar-refractivity contribution < 1.29 is 28.3 Å². The topological polar surface area (TPSA) is 86.1 Å². The van der Waals surface area contributed by atoms with Crippen molar-refractivity contribution in [2.45, 2.75) is 39.4 Å². The summed E-state index contributed by atoms with van der Waals surface area (Å²) in [7, 11) is 0. The number of fused-ring (bicyclic) bond motifs is 1. The highest BCUT2D eigenvalue weighted by molar-refractivity contribution is 6.09. The summed E-state index contributed by atoms with van der Waals surface area (Å²) in [6.07, 6.45) is 0.900. The molecule has 2 heterocycles. The van der Waals surface area contributed by atoms with Crippen molar-refractivity contribution in [2.24, 2.45) is 0 Å². The maximum atomic E-state index is 12.7. The zero-order valence-electron chi connectivity index (χ0n) is 15.4. The van der Waals surface area contributed by atoms with Gasteiger partial charge < -0.3 is 13.9 Å². The number of furan rings is 1. The fourth-order valence-corrected chi connectivity index (χ4v) is 2.87. The molecule has 0 aliphatic carbocycles. The molecule has 0 unspecified atom stereocenters. The van der Waals surface area contributed by atoms with Gasteiger partial charge in [-0.15, -0.1) is 0 Å². The van der Waals surface area contributed by atoms with Gasteiger partial charge in [0.15, 0.2) is 11.9 Å². The van der Waals surface area contributed by atoms with Crippen LogP contribution >= 0.6 is 0 Å².